The van der Waals surface area contributed by atoms with Crippen LogP contribution in [0.2, 0.25) is 0 Å². The molecule has 0 aromatic carbocycles. The van der Waals surface area contributed by atoms with Crippen molar-refractivity contribution in [1.82, 2.24) is 35.1 Å². The molecule has 0 aliphatic carbocycles. The summed E-state index contributed by atoms with van der Waals surface area (Å²) >= 11 is 0. The number of H-pyrrole nitrogens is 1. The summed E-state index contributed by atoms with van der Waals surface area (Å²) in [6.45, 7) is 2.49. The highest BCUT2D eigenvalue weighted by atomic mass is 32.2. The second-order valence-corrected chi connectivity index (χ2v) is 5.53. The summed E-state index contributed by atoms with van der Waals surface area (Å²) in [5.41, 5.74) is 5.61. The molecular formula is C8H14N8O2S. The molecule has 0 atom stereocenters. The number of anilines is 1. The lowest BCUT2D eigenvalue weighted by atomic mass is 10.5. The van der Waals surface area contributed by atoms with E-state index in [1.165, 1.54) is 10.9 Å². The van der Waals surface area contributed by atoms with Gasteiger partial charge in [-0.15, -0.1) is 10.2 Å². The first-order valence-corrected chi connectivity index (χ1v) is 7.06. The Bertz CT molecular complexity index is 632. The van der Waals surface area contributed by atoms with Gasteiger partial charge in [-0.1, -0.05) is 12.1 Å². The SMILES string of the molecule is CCCn1cc(S(=O)(=O)NCc2nn[nH]n2)c(N)n1. The predicted molar refractivity (Wildman–Crippen MR) is 65.1 cm³/mol. The molecule has 2 aromatic heterocycles. The predicted octanol–water partition coefficient (Wildman–Crippen LogP) is -1.13. The third-order valence-corrected chi connectivity index (χ3v) is 3.72. The second-order valence-electron chi connectivity index (χ2n) is 3.79. The summed E-state index contributed by atoms with van der Waals surface area (Å²) in [5.74, 6) is 0.206. The Morgan fingerprint density at radius 2 is 2.32 bits per heavy atom. The number of rotatable bonds is 6. The number of aromatic nitrogens is 6. The number of hydrogen-bond donors (Lipinski definition) is 3. The summed E-state index contributed by atoms with van der Waals surface area (Å²) in [4.78, 5) is -0.0514. The van der Waals surface area contributed by atoms with E-state index in [0.717, 1.165) is 6.42 Å². The fraction of sp³-hybridized carbons (Fsp3) is 0.500. The summed E-state index contributed by atoms with van der Waals surface area (Å²) in [6.07, 6.45) is 2.23. The first-order valence-electron chi connectivity index (χ1n) is 5.58. The molecule has 0 aliphatic heterocycles. The number of nitrogens with two attached hydrogens (primary N) is 1. The number of nitrogens with one attached hydrogen (secondary N) is 2. The van der Waals surface area contributed by atoms with Gasteiger partial charge in [-0.25, -0.2) is 13.1 Å². The summed E-state index contributed by atoms with van der Waals surface area (Å²) < 4.78 is 27.9. The van der Waals surface area contributed by atoms with Crippen molar-refractivity contribution in [3.05, 3.63) is 12.0 Å². The molecule has 19 heavy (non-hydrogen) atoms. The number of sulfonamides is 1. The highest BCUT2D eigenvalue weighted by molar-refractivity contribution is 7.89. The van der Waals surface area contributed by atoms with Crippen molar-refractivity contribution in [3.8, 4) is 0 Å². The quantitative estimate of drug-likeness (QED) is 0.609. The molecule has 2 aromatic rings. The Morgan fingerprint density at radius 1 is 1.53 bits per heavy atom. The summed E-state index contributed by atoms with van der Waals surface area (Å²) in [5, 5.41) is 16.8. The van der Waals surface area contributed by atoms with Crippen molar-refractivity contribution in [2.75, 3.05) is 5.73 Å². The molecule has 10 nitrogen and oxygen atoms in total. The zero-order valence-electron chi connectivity index (χ0n) is 10.2. The van der Waals surface area contributed by atoms with Crippen molar-refractivity contribution >= 4 is 15.8 Å². The molecule has 4 N–H and O–H groups in total. The van der Waals surface area contributed by atoms with Gasteiger partial charge in [0.1, 0.15) is 4.90 Å². The van der Waals surface area contributed by atoms with Gasteiger partial charge in [0.2, 0.25) is 10.0 Å². The third kappa shape index (κ3) is 3.06. The van der Waals surface area contributed by atoms with E-state index < -0.39 is 10.0 Å². The lowest BCUT2D eigenvalue weighted by molar-refractivity contribution is 0.577. The van der Waals surface area contributed by atoms with Crippen molar-refractivity contribution in [2.24, 2.45) is 0 Å². The van der Waals surface area contributed by atoms with Crippen LogP contribution in [0.3, 0.4) is 0 Å². The lowest BCUT2D eigenvalue weighted by Gasteiger charge is -2.02. The molecule has 0 bridgehead atoms. The van der Waals surface area contributed by atoms with Crippen molar-refractivity contribution in [2.45, 2.75) is 31.3 Å². The standard InChI is InChI=1S/C8H14N8O2S/c1-2-3-16-5-6(8(9)13-16)19(17,18)10-4-7-11-14-15-12-7/h5,10H,2-4H2,1H3,(H2,9,13)(H,11,12,14,15). The van der Waals surface area contributed by atoms with E-state index >= 15 is 0 Å². The Kier molecular flexibility index (Phi) is 3.76. The van der Waals surface area contributed by atoms with Gasteiger partial charge in [0, 0.05) is 12.7 Å². The van der Waals surface area contributed by atoms with E-state index in [0.29, 0.717) is 6.54 Å². The number of nitrogens with zero attached hydrogens (tertiary/aromatic N) is 5. The maximum atomic E-state index is 12.0. The average Bonchev–Trinajstić information content (AvgIpc) is 2.97. The Morgan fingerprint density at radius 3 is 2.95 bits per heavy atom. The molecule has 2 rings (SSSR count). The number of hydrogen-bond acceptors (Lipinski definition) is 7. The van der Waals surface area contributed by atoms with Crippen LogP contribution < -0.4 is 10.5 Å². The minimum absolute atomic E-state index is 0.0333. The topological polar surface area (TPSA) is 144 Å². The molecule has 0 spiro atoms. The van der Waals surface area contributed by atoms with E-state index in [4.69, 9.17) is 5.73 Å². The van der Waals surface area contributed by atoms with Crippen LogP contribution in [0.25, 0.3) is 0 Å². The van der Waals surface area contributed by atoms with Crippen LogP contribution in [0.15, 0.2) is 11.1 Å². The Labute approximate surface area is 109 Å². The highest BCUT2D eigenvalue weighted by Crippen LogP contribution is 2.16. The molecule has 0 aliphatic rings. The Balaban J connectivity index is 2.14. The maximum absolute atomic E-state index is 12.0. The molecule has 11 heteroatoms. The molecule has 0 amide bonds. The molecule has 0 fully saturated rings. The number of tetrazole rings is 1. The molecule has 0 radical (unpaired) electrons. The van der Waals surface area contributed by atoms with Crippen LogP contribution in [0.4, 0.5) is 5.82 Å². The van der Waals surface area contributed by atoms with Crippen LogP contribution in [0.5, 0.6) is 0 Å². The number of aromatic amines is 1. The van der Waals surface area contributed by atoms with Crippen LogP contribution in [0.1, 0.15) is 19.2 Å². The fourth-order valence-corrected chi connectivity index (χ4v) is 2.51. The molecule has 0 unspecified atom stereocenters. The van der Waals surface area contributed by atoms with Crippen molar-refractivity contribution < 1.29 is 8.42 Å². The van der Waals surface area contributed by atoms with Gasteiger partial charge in [-0.3, -0.25) is 4.68 Å². The minimum Gasteiger partial charge on any atom is -0.381 e. The van der Waals surface area contributed by atoms with Crippen LogP contribution in [-0.4, -0.2) is 38.8 Å². The zero-order valence-corrected chi connectivity index (χ0v) is 11.1. The van der Waals surface area contributed by atoms with Crippen molar-refractivity contribution in [1.29, 1.82) is 0 Å². The van der Waals surface area contributed by atoms with Crippen molar-refractivity contribution in [3.63, 3.8) is 0 Å². The minimum atomic E-state index is -3.74. The smallest absolute Gasteiger partial charge is 0.246 e. The van der Waals surface area contributed by atoms with Gasteiger partial charge >= 0.3 is 0 Å². The molecule has 0 saturated carbocycles. The van der Waals surface area contributed by atoms with Gasteiger partial charge in [0.05, 0.1) is 6.54 Å². The second kappa shape index (κ2) is 5.32. The monoisotopic (exact) mass is 286 g/mol. The van der Waals surface area contributed by atoms with Gasteiger partial charge in [0.15, 0.2) is 11.6 Å². The average molecular weight is 286 g/mol. The van der Waals surface area contributed by atoms with E-state index in [2.05, 4.69) is 30.4 Å². The van der Waals surface area contributed by atoms with Crippen LogP contribution >= 0.6 is 0 Å². The third-order valence-electron chi connectivity index (χ3n) is 2.31. The summed E-state index contributed by atoms with van der Waals surface area (Å²) in [7, 11) is -3.74. The molecule has 0 saturated heterocycles. The van der Waals surface area contributed by atoms with E-state index in [-0.39, 0.29) is 23.1 Å². The number of nitrogen functional groups attached to an aromatic ring is 1. The van der Waals surface area contributed by atoms with E-state index in [1.54, 1.807) is 0 Å². The normalized spacial score (nSPS) is 11.8. The van der Waals surface area contributed by atoms with E-state index in [1.807, 2.05) is 6.92 Å². The van der Waals surface area contributed by atoms with Gasteiger partial charge < -0.3 is 5.73 Å². The Hall–Kier alpha value is -2.01. The highest BCUT2D eigenvalue weighted by Gasteiger charge is 2.21. The van der Waals surface area contributed by atoms with Crippen LogP contribution in [0, 0.1) is 0 Å². The zero-order chi connectivity index (χ0) is 13.9. The first kappa shape index (κ1) is 13.4. The van der Waals surface area contributed by atoms with Gasteiger partial charge in [-0.05, 0) is 6.42 Å². The first-order chi connectivity index (χ1) is 9.03. The lowest BCUT2D eigenvalue weighted by Crippen LogP contribution is -2.24. The maximum Gasteiger partial charge on any atom is 0.246 e. The summed E-state index contributed by atoms with van der Waals surface area (Å²) in [6, 6.07) is 0. The van der Waals surface area contributed by atoms with Gasteiger partial charge in [0.25, 0.3) is 0 Å². The number of aryl methyl sites for hydroxylation is 1. The fourth-order valence-electron chi connectivity index (χ4n) is 1.46. The molecular weight excluding hydrogens is 272 g/mol. The van der Waals surface area contributed by atoms with E-state index in [9.17, 15) is 8.42 Å². The molecule has 2 heterocycles. The largest absolute Gasteiger partial charge is 0.381 e. The van der Waals surface area contributed by atoms with Crippen LogP contribution in [-0.2, 0) is 23.1 Å². The molecule has 104 valence electrons. The van der Waals surface area contributed by atoms with Gasteiger partial charge in [-0.2, -0.15) is 10.3 Å².